The number of nitrogens with zero attached hydrogens (tertiary/aromatic N) is 1. The Bertz CT molecular complexity index is 875. The number of rotatable bonds is 5. The fourth-order valence-corrected chi connectivity index (χ4v) is 2.77. The number of esters is 1. The van der Waals surface area contributed by atoms with Crippen LogP contribution in [0.1, 0.15) is 11.1 Å². The zero-order chi connectivity index (χ0) is 20.1. The molecule has 0 saturated heterocycles. The number of sulfonamides is 1. The molecule has 1 aromatic rings. The molecule has 0 radical (unpaired) electrons. The average molecular weight is 391 g/mol. The molecule has 26 heavy (non-hydrogen) atoms. The number of carbonyl (C=O) groups is 1. The van der Waals surface area contributed by atoms with Gasteiger partial charge in [-0.25, -0.2) is 4.79 Å². The van der Waals surface area contributed by atoms with Crippen molar-refractivity contribution in [3.8, 4) is 0 Å². The van der Waals surface area contributed by atoms with Gasteiger partial charge >= 0.3 is 12.1 Å². The van der Waals surface area contributed by atoms with Crippen LogP contribution < -0.4 is 11.1 Å². The van der Waals surface area contributed by atoms with E-state index in [0.717, 1.165) is 31.6 Å². The summed E-state index contributed by atoms with van der Waals surface area (Å²) < 4.78 is 71.4. The highest BCUT2D eigenvalue weighted by Crippen LogP contribution is 2.33. The lowest BCUT2D eigenvalue weighted by Crippen LogP contribution is -2.26. The summed E-state index contributed by atoms with van der Waals surface area (Å²) >= 11 is 0. The second kappa shape index (κ2) is 8.04. The highest BCUT2D eigenvalue weighted by molar-refractivity contribution is 7.90. The van der Waals surface area contributed by atoms with Crippen LogP contribution in [-0.4, -0.2) is 27.3 Å². The van der Waals surface area contributed by atoms with Gasteiger partial charge in [0.25, 0.3) is 10.0 Å². The van der Waals surface area contributed by atoms with Crippen molar-refractivity contribution in [3.63, 3.8) is 0 Å². The summed E-state index contributed by atoms with van der Waals surface area (Å²) in [5.74, 6) is -1.54. The second-order valence-corrected chi connectivity index (χ2v) is 6.47. The Morgan fingerprint density at radius 2 is 2.00 bits per heavy atom. The lowest BCUT2D eigenvalue weighted by atomic mass is 10.1. The minimum absolute atomic E-state index is 0.149. The van der Waals surface area contributed by atoms with Gasteiger partial charge in [0.15, 0.2) is 5.84 Å². The van der Waals surface area contributed by atoms with Crippen molar-refractivity contribution in [1.82, 2.24) is 5.32 Å². The van der Waals surface area contributed by atoms with Crippen LogP contribution in [-0.2, 0) is 25.7 Å². The van der Waals surface area contributed by atoms with Gasteiger partial charge in [-0.1, -0.05) is 12.6 Å². The summed E-state index contributed by atoms with van der Waals surface area (Å²) in [6, 6.07) is 2.44. The van der Waals surface area contributed by atoms with Gasteiger partial charge in [0.05, 0.1) is 23.1 Å². The third-order valence-corrected chi connectivity index (χ3v) is 4.33. The van der Waals surface area contributed by atoms with Crippen molar-refractivity contribution >= 4 is 21.8 Å². The Kier molecular flexibility index (Phi) is 6.56. The molecular formula is C15H16F3N3O4S. The number of aryl methyl sites for hydroxylation is 1. The number of benzene rings is 1. The van der Waals surface area contributed by atoms with Gasteiger partial charge in [-0.2, -0.15) is 21.6 Å². The molecule has 0 aromatic heterocycles. The Morgan fingerprint density at radius 3 is 2.50 bits per heavy atom. The van der Waals surface area contributed by atoms with Crippen LogP contribution >= 0.6 is 0 Å². The van der Waals surface area contributed by atoms with E-state index in [-0.39, 0.29) is 5.56 Å². The first-order valence-electron chi connectivity index (χ1n) is 6.87. The normalized spacial score (nSPS) is 12.9. The number of alkyl halides is 3. The van der Waals surface area contributed by atoms with Crippen molar-refractivity contribution in [2.24, 2.45) is 10.1 Å². The monoisotopic (exact) mass is 391 g/mol. The predicted octanol–water partition coefficient (Wildman–Crippen LogP) is 1.85. The lowest BCUT2D eigenvalue weighted by Gasteiger charge is -2.12. The maximum Gasteiger partial charge on any atom is 0.416 e. The molecule has 0 spiro atoms. The maximum absolute atomic E-state index is 13.0. The molecule has 142 valence electrons. The molecule has 0 aliphatic carbocycles. The van der Waals surface area contributed by atoms with E-state index >= 15 is 0 Å². The first-order valence-corrected chi connectivity index (χ1v) is 8.31. The fourth-order valence-electron chi connectivity index (χ4n) is 1.76. The van der Waals surface area contributed by atoms with Crippen molar-refractivity contribution in [2.75, 3.05) is 7.11 Å². The third kappa shape index (κ3) is 5.09. The van der Waals surface area contributed by atoms with Crippen molar-refractivity contribution in [3.05, 3.63) is 53.9 Å². The smallest absolute Gasteiger partial charge is 0.416 e. The van der Waals surface area contributed by atoms with Crippen LogP contribution in [0.5, 0.6) is 0 Å². The number of halogens is 3. The van der Waals surface area contributed by atoms with Crippen molar-refractivity contribution in [1.29, 1.82) is 0 Å². The van der Waals surface area contributed by atoms with E-state index < -0.39 is 44.0 Å². The fraction of sp³-hybridized carbons (Fsp3) is 0.200. The molecule has 0 amide bonds. The Morgan fingerprint density at radius 1 is 1.38 bits per heavy atom. The molecule has 0 saturated carbocycles. The van der Waals surface area contributed by atoms with Gasteiger partial charge in [-0.15, -0.1) is 4.40 Å². The molecule has 1 rings (SSSR count). The molecule has 7 nitrogen and oxygen atoms in total. The van der Waals surface area contributed by atoms with Crippen molar-refractivity contribution in [2.45, 2.75) is 18.0 Å². The number of hydrogen-bond acceptors (Lipinski definition) is 5. The summed E-state index contributed by atoms with van der Waals surface area (Å²) in [5.41, 5.74) is 3.40. The minimum Gasteiger partial charge on any atom is -0.465 e. The van der Waals surface area contributed by atoms with Gasteiger partial charge in [0.1, 0.15) is 0 Å². The molecule has 0 aliphatic heterocycles. The van der Waals surface area contributed by atoms with Crippen LogP contribution in [0, 0.1) is 6.92 Å². The summed E-state index contributed by atoms with van der Waals surface area (Å²) in [6.07, 6.45) is -2.70. The Balaban J connectivity index is 3.48. The standard InChI is InChI=1S/C15H16F3N3O4S/c1-9-4-5-11(8-12(9)15(16,17)18)26(23,24)21-13(20-7-6-19)10(2)14(22)25-3/h4-8H,2,19H2,1,3H3,(H,20,21)/b7-6-. The number of carbonyl (C=O) groups excluding carboxylic acids is 1. The third-order valence-electron chi connectivity index (χ3n) is 3.06. The Labute approximate surface area is 148 Å². The van der Waals surface area contributed by atoms with Crippen molar-refractivity contribution < 1.29 is 31.1 Å². The van der Waals surface area contributed by atoms with E-state index in [4.69, 9.17) is 5.73 Å². The number of amidine groups is 1. The first-order chi connectivity index (χ1) is 11.9. The number of methoxy groups -OCH3 is 1. The van der Waals surface area contributed by atoms with Crippen LogP contribution in [0.15, 0.2) is 52.0 Å². The summed E-state index contributed by atoms with van der Waals surface area (Å²) in [6.45, 7) is 4.54. The van der Waals surface area contributed by atoms with Crippen LogP contribution in [0.4, 0.5) is 13.2 Å². The Hall–Kier alpha value is -2.82. The molecule has 0 unspecified atom stereocenters. The summed E-state index contributed by atoms with van der Waals surface area (Å²) in [4.78, 5) is 10.8. The van der Waals surface area contributed by atoms with E-state index in [9.17, 15) is 26.4 Å². The van der Waals surface area contributed by atoms with Gasteiger partial charge in [-0.3, -0.25) is 0 Å². The number of nitrogens with one attached hydrogen (secondary N) is 1. The molecule has 0 bridgehead atoms. The molecule has 3 N–H and O–H groups in total. The first kappa shape index (κ1) is 21.2. The molecule has 11 heteroatoms. The topological polar surface area (TPSA) is 111 Å². The number of nitrogens with two attached hydrogens (primary N) is 1. The second-order valence-electron chi connectivity index (χ2n) is 4.86. The average Bonchev–Trinajstić information content (AvgIpc) is 2.56. The zero-order valence-electron chi connectivity index (χ0n) is 13.8. The number of ether oxygens (including phenoxy) is 1. The van der Waals surface area contributed by atoms with Gasteiger partial charge < -0.3 is 15.8 Å². The van der Waals surface area contributed by atoms with E-state index in [1.807, 2.05) is 0 Å². The van der Waals surface area contributed by atoms with Crippen LogP contribution in [0.2, 0.25) is 0 Å². The maximum atomic E-state index is 13.0. The van der Waals surface area contributed by atoms with Gasteiger partial charge in [0.2, 0.25) is 0 Å². The summed E-state index contributed by atoms with van der Waals surface area (Å²) in [5, 5.41) is 2.31. The molecular weight excluding hydrogens is 375 g/mol. The molecule has 0 aliphatic rings. The van der Waals surface area contributed by atoms with E-state index in [0.29, 0.717) is 6.07 Å². The molecule has 0 atom stereocenters. The molecule has 1 aromatic carbocycles. The van der Waals surface area contributed by atoms with E-state index in [2.05, 4.69) is 21.0 Å². The highest BCUT2D eigenvalue weighted by Gasteiger charge is 2.33. The summed E-state index contributed by atoms with van der Waals surface area (Å²) in [7, 11) is -3.56. The zero-order valence-corrected chi connectivity index (χ0v) is 14.6. The van der Waals surface area contributed by atoms with E-state index in [1.165, 1.54) is 6.92 Å². The lowest BCUT2D eigenvalue weighted by molar-refractivity contribution is -0.138. The largest absolute Gasteiger partial charge is 0.465 e. The van der Waals surface area contributed by atoms with Crippen LogP contribution in [0.25, 0.3) is 0 Å². The molecule has 0 heterocycles. The molecule has 0 fully saturated rings. The van der Waals surface area contributed by atoms with Gasteiger partial charge in [0, 0.05) is 12.4 Å². The SMILES string of the molecule is C=C(C(=O)OC)C(=NS(=O)(=O)c1ccc(C)c(C(F)(F)F)c1)N/C=C\N. The predicted molar refractivity (Wildman–Crippen MR) is 88.4 cm³/mol. The number of hydrogen-bond donors (Lipinski definition) is 2. The quantitative estimate of drug-likeness (QED) is 0.343. The van der Waals surface area contributed by atoms with E-state index in [1.54, 1.807) is 0 Å². The van der Waals surface area contributed by atoms with Gasteiger partial charge in [-0.05, 0) is 24.6 Å². The minimum atomic E-state index is -4.74. The highest BCUT2D eigenvalue weighted by atomic mass is 32.2. The van der Waals surface area contributed by atoms with Crippen LogP contribution in [0.3, 0.4) is 0 Å².